The first-order valence-electron chi connectivity index (χ1n) is 19.7. The number of hydrogen-bond acceptors (Lipinski definition) is 17. The molecule has 20 nitrogen and oxygen atoms in total. The van der Waals surface area contributed by atoms with Gasteiger partial charge < -0.3 is 20.3 Å². The molecule has 0 saturated carbocycles. The van der Waals surface area contributed by atoms with Gasteiger partial charge in [-0.25, -0.2) is 34.9 Å². The van der Waals surface area contributed by atoms with Gasteiger partial charge in [0.2, 0.25) is 23.7 Å². The number of ether oxygens (including phenoxy) is 1. The average Bonchev–Trinajstić information content (AvgIpc) is 4.01. The number of rotatable bonds is 8. The monoisotopic (exact) mass is 819 g/mol. The first kappa shape index (κ1) is 41.4. The lowest BCUT2D eigenvalue weighted by molar-refractivity contribution is -0.183. The van der Waals surface area contributed by atoms with Crippen LogP contribution in [-0.2, 0) is 24.0 Å². The molecule has 2 atom stereocenters. The summed E-state index contributed by atoms with van der Waals surface area (Å²) in [5.74, 6) is -0.599. The van der Waals surface area contributed by atoms with Crippen LogP contribution in [0.1, 0.15) is 94.0 Å². The fraction of sp³-hybridized carbons (Fsp3) is 0.450. The Labute approximate surface area is 345 Å². The second-order valence-electron chi connectivity index (χ2n) is 14.7. The molecule has 2 N–H and O–H groups in total. The summed E-state index contributed by atoms with van der Waals surface area (Å²) in [4.78, 5) is 94.3. The van der Waals surface area contributed by atoms with Crippen LogP contribution in [0.2, 0.25) is 0 Å². The van der Waals surface area contributed by atoms with E-state index in [0.717, 1.165) is 11.3 Å². The van der Waals surface area contributed by atoms with Crippen molar-refractivity contribution >= 4 is 35.6 Å². The highest BCUT2D eigenvalue weighted by atomic mass is 16.7. The molecule has 4 aliphatic heterocycles. The third-order valence-electron chi connectivity index (χ3n) is 10.9. The van der Waals surface area contributed by atoms with E-state index in [4.69, 9.17) is 25.4 Å². The minimum atomic E-state index is -0.572. The lowest BCUT2D eigenvalue weighted by Crippen LogP contribution is -2.42. The van der Waals surface area contributed by atoms with Gasteiger partial charge in [0.1, 0.15) is 17.8 Å². The summed E-state index contributed by atoms with van der Waals surface area (Å²) in [6.07, 6.45) is 15.1. The molecule has 0 bridgehead atoms. The Kier molecular flexibility index (Phi) is 13.1. The zero-order valence-corrected chi connectivity index (χ0v) is 33.3. The lowest BCUT2D eigenvalue weighted by atomic mass is 9.94. The summed E-state index contributed by atoms with van der Waals surface area (Å²) in [6.45, 7) is 5.08. The van der Waals surface area contributed by atoms with Crippen LogP contribution in [-0.4, -0.2) is 115 Å². The first-order chi connectivity index (χ1) is 29.1. The zero-order chi connectivity index (χ0) is 42.2. The number of hydrogen-bond donors (Lipinski definition) is 1. The highest BCUT2D eigenvalue weighted by molar-refractivity contribution is 5.92. The van der Waals surface area contributed by atoms with Crippen LogP contribution in [0.3, 0.4) is 0 Å². The Balaban J connectivity index is 0.000000182. The normalized spacial score (nSPS) is 19.6. The summed E-state index contributed by atoms with van der Waals surface area (Å²) < 4.78 is 4.71. The number of aryl methyl sites for hydroxylation is 1. The number of nitriles is 1. The van der Waals surface area contributed by atoms with Crippen LogP contribution in [0.25, 0.3) is 0 Å². The molecule has 8 rings (SSSR count). The van der Waals surface area contributed by atoms with Gasteiger partial charge in [0.15, 0.2) is 5.69 Å². The first-order valence-corrected chi connectivity index (χ1v) is 19.7. The van der Waals surface area contributed by atoms with Gasteiger partial charge in [0.05, 0.1) is 43.8 Å². The Hall–Kier alpha value is -6.72. The maximum atomic E-state index is 13.2. The molecule has 312 valence electrons. The number of primary amides is 1. The zero-order valence-electron chi connectivity index (χ0n) is 33.3. The molecule has 0 unspecified atom stereocenters. The van der Waals surface area contributed by atoms with E-state index in [-0.39, 0.29) is 47.1 Å². The number of nitrogens with two attached hydrogens (primary N) is 1. The molecule has 4 aromatic heterocycles. The molecule has 0 radical (unpaired) electrons. The molecular weight excluding hydrogens is 775 g/mol. The van der Waals surface area contributed by atoms with Crippen LogP contribution in [0, 0.1) is 30.1 Å². The van der Waals surface area contributed by atoms with Crippen molar-refractivity contribution in [3.05, 3.63) is 89.3 Å². The maximum absolute atomic E-state index is 13.2. The van der Waals surface area contributed by atoms with E-state index in [1.54, 1.807) is 44.0 Å². The van der Waals surface area contributed by atoms with Gasteiger partial charge in [-0.05, 0) is 55.9 Å². The van der Waals surface area contributed by atoms with E-state index in [9.17, 15) is 19.2 Å². The van der Waals surface area contributed by atoms with Gasteiger partial charge >= 0.3 is 5.97 Å². The van der Waals surface area contributed by atoms with Crippen LogP contribution < -0.4 is 15.5 Å². The third kappa shape index (κ3) is 9.27. The highest BCUT2D eigenvalue weighted by Gasteiger charge is 2.39. The summed E-state index contributed by atoms with van der Waals surface area (Å²) in [7, 11) is 1.31. The molecule has 4 saturated heterocycles. The van der Waals surface area contributed by atoms with E-state index >= 15 is 0 Å². The molecule has 3 amide bonds. The Morgan fingerprint density at radius 1 is 0.767 bits per heavy atom. The summed E-state index contributed by atoms with van der Waals surface area (Å²) in [5, 5.41) is 12.0. The minimum Gasteiger partial charge on any atom is -0.464 e. The topological polar surface area (TPSA) is 249 Å². The smallest absolute Gasteiger partial charge is 0.356 e. The quantitative estimate of drug-likeness (QED) is 0.251. The van der Waals surface area contributed by atoms with Crippen molar-refractivity contribution < 1.29 is 33.6 Å². The van der Waals surface area contributed by atoms with Crippen LogP contribution in [0.4, 0.5) is 11.9 Å². The third-order valence-corrected chi connectivity index (χ3v) is 10.9. The predicted molar refractivity (Wildman–Crippen MR) is 210 cm³/mol. The number of carbonyl (C=O) groups is 4. The van der Waals surface area contributed by atoms with Crippen molar-refractivity contribution in [3.8, 4) is 6.07 Å². The van der Waals surface area contributed by atoms with Gasteiger partial charge in [-0.3, -0.25) is 39.0 Å². The molecule has 4 aliphatic rings. The fourth-order valence-corrected chi connectivity index (χ4v) is 7.69. The van der Waals surface area contributed by atoms with Crippen molar-refractivity contribution in [1.29, 1.82) is 5.26 Å². The minimum absolute atomic E-state index is 0.0274. The van der Waals surface area contributed by atoms with Gasteiger partial charge in [0, 0.05) is 88.0 Å². The van der Waals surface area contributed by atoms with E-state index in [0.29, 0.717) is 101 Å². The van der Waals surface area contributed by atoms with Crippen molar-refractivity contribution in [3.63, 3.8) is 0 Å². The standard InChI is InChI=1S/C21H22N6O4.C19H23N7O3/c1-30-20(29)17-2-6-24-21(25-17)26-7-3-15(4-8-26)19(28)27-18(5-9-31-27)16-10-14(11-22)12-23-13-16;1-12-10-23-19(24-16(12)17(20)27)25-7-2-13(3-8-25)18(28)26-15(4-9-29-26)14-11-21-5-6-22-14/h2,6,10,12-13,15,18H,3-5,7-9H2,1H3;5-6,10-11,13,15H,2-4,7-9H2,1H3,(H2,20,27)/t18-;15-/m00/s1. The number of carbonyl (C=O) groups excluding carboxylic acids is 4. The predicted octanol–water partition coefficient (Wildman–Crippen LogP) is 2.45. The molecule has 0 aromatic carbocycles. The van der Waals surface area contributed by atoms with Crippen LogP contribution in [0.15, 0.2) is 55.5 Å². The maximum Gasteiger partial charge on any atom is 0.356 e. The fourth-order valence-electron chi connectivity index (χ4n) is 7.69. The molecule has 8 heterocycles. The summed E-state index contributed by atoms with van der Waals surface area (Å²) >= 11 is 0. The second kappa shape index (κ2) is 18.9. The van der Waals surface area contributed by atoms with Crippen molar-refractivity contribution in [2.45, 2.75) is 57.5 Å². The lowest BCUT2D eigenvalue weighted by Gasteiger charge is -2.34. The molecule has 0 spiro atoms. The number of piperidine rings is 2. The number of hydroxylamine groups is 4. The second-order valence-corrected chi connectivity index (χ2v) is 14.7. The highest BCUT2D eigenvalue weighted by Crippen LogP contribution is 2.35. The largest absolute Gasteiger partial charge is 0.464 e. The van der Waals surface area contributed by atoms with Gasteiger partial charge in [-0.1, -0.05) is 0 Å². The SMILES string of the molecule is COC(=O)c1ccnc(N2CCC(C(=O)N3OCC[C@H]3c3cncc(C#N)c3)CC2)n1.Cc1cnc(N2CCC(C(=O)N3OCC[C@H]3c3cnccn3)CC2)nc1C(N)=O. The molecule has 0 aliphatic carbocycles. The van der Waals surface area contributed by atoms with Crippen LogP contribution >= 0.6 is 0 Å². The number of amides is 3. The molecule has 20 heteroatoms. The average molecular weight is 820 g/mol. The molecular formula is C40H45N13O7. The number of aromatic nitrogens is 7. The van der Waals surface area contributed by atoms with E-state index < -0.39 is 11.9 Å². The number of esters is 1. The number of pyridine rings is 1. The molecule has 4 fully saturated rings. The van der Waals surface area contributed by atoms with Gasteiger partial charge in [0.25, 0.3) is 5.91 Å². The Bertz CT molecular complexity index is 2230. The van der Waals surface area contributed by atoms with E-state index in [1.165, 1.54) is 35.7 Å². The van der Waals surface area contributed by atoms with Crippen molar-refractivity contribution in [2.24, 2.45) is 17.6 Å². The Morgan fingerprint density at radius 2 is 1.40 bits per heavy atom. The van der Waals surface area contributed by atoms with E-state index in [2.05, 4.69) is 41.0 Å². The molecule has 4 aromatic rings. The number of methoxy groups -OCH3 is 1. The Morgan fingerprint density at radius 3 is 2.00 bits per heavy atom. The van der Waals surface area contributed by atoms with Crippen LogP contribution in [0.5, 0.6) is 0 Å². The van der Waals surface area contributed by atoms with Crippen molar-refractivity contribution in [2.75, 3.05) is 56.3 Å². The summed E-state index contributed by atoms with van der Waals surface area (Å²) in [5.41, 5.74) is 8.46. The van der Waals surface area contributed by atoms with Gasteiger partial charge in [-0.15, -0.1) is 0 Å². The molecule has 60 heavy (non-hydrogen) atoms. The van der Waals surface area contributed by atoms with Crippen molar-refractivity contribution in [1.82, 2.24) is 45.0 Å². The van der Waals surface area contributed by atoms with Gasteiger partial charge in [-0.2, -0.15) is 5.26 Å². The van der Waals surface area contributed by atoms with E-state index in [1.807, 2.05) is 9.80 Å². The number of anilines is 2. The number of nitrogens with zero attached hydrogens (tertiary/aromatic N) is 12. The summed E-state index contributed by atoms with van der Waals surface area (Å²) in [6, 6.07) is 4.89.